The van der Waals surface area contributed by atoms with Gasteiger partial charge in [0.05, 0.1) is 5.69 Å². The summed E-state index contributed by atoms with van der Waals surface area (Å²) < 4.78 is 14.0. The molecule has 0 bridgehead atoms. The Labute approximate surface area is 104 Å². The van der Waals surface area contributed by atoms with E-state index in [0.717, 1.165) is 6.07 Å². The molecule has 0 radical (unpaired) electrons. The fourth-order valence-corrected chi connectivity index (χ4v) is 1.80. The van der Waals surface area contributed by atoms with E-state index in [1.54, 1.807) is 0 Å². The van der Waals surface area contributed by atoms with Crippen molar-refractivity contribution in [1.82, 2.24) is 5.32 Å². The van der Waals surface area contributed by atoms with Crippen molar-refractivity contribution in [1.29, 1.82) is 0 Å². The van der Waals surface area contributed by atoms with Crippen molar-refractivity contribution >= 4 is 39.5 Å². The van der Waals surface area contributed by atoms with Gasteiger partial charge in [0, 0.05) is 4.47 Å². The maximum Gasteiger partial charge on any atom is 0.335 e. The number of rotatable bonds is 1. The molecule has 7 heteroatoms. The number of nitrogens with one attached hydrogen (secondary N) is 1. The molecule has 1 aromatic carbocycles. The number of benzene rings is 1. The molecule has 5 nitrogen and oxygen atoms in total. The second-order valence-corrected chi connectivity index (χ2v) is 4.27. The third-order valence-corrected chi connectivity index (χ3v) is 2.65. The van der Waals surface area contributed by atoms with Crippen LogP contribution in [0, 0.1) is 5.82 Å². The standard InChI is InChI=1S/C10H6BrFN2O3/c11-5-1-2-6(12)7(3-5)14-9(16)4-8(15)13-10(14)17/h1-3H,4H2,(H,13,15,17). The van der Waals surface area contributed by atoms with Crippen LogP contribution in [0.25, 0.3) is 0 Å². The summed E-state index contributed by atoms with van der Waals surface area (Å²) in [4.78, 5) is 34.6. The SMILES string of the molecule is O=C1CC(=O)N(c2cc(Br)ccc2F)C(=O)N1. The largest absolute Gasteiger partial charge is 0.335 e. The molecule has 2 rings (SSSR count). The quantitative estimate of drug-likeness (QED) is 0.801. The van der Waals surface area contributed by atoms with Crippen molar-refractivity contribution in [2.45, 2.75) is 6.42 Å². The summed E-state index contributed by atoms with van der Waals surface area (Å²) in [5, 5.41) is 1.95. The lowest BCUT2D eigenvalue weighted by Gasteiger charge is -2.25. The van der Waals surface area contributed by atoms with E-state index < -0.39 is 30.1 Å². The molecule has 0 spiro atoms. The maximum atomic E-state index is 13.5. The first-order chi connectivity index (χ1) is 7.99. The summed E-state index contributed by atoms with van der Waals surface area (Å²) in [6, 6.07) is 2.92. The second-order valence-electron chi connectivity index (χ2n) is 3.35. The van der Waals surface area contributed by atoms with Crippen molar-refractivity contribution in [3.63, 3.8) is 0 Å². The highest BCUT2D eigenvalue weighted by Crippen LogP contribution is 2.25. The first-order valence-electron chi connectivity index (χ1n) is 4.61. The zero-order valence-electron chi connectivity index (χ0n) is 8.37. The molecule has 1 aliphatic rings. The molecule has 0 aliphatic carbocycles. The Morgan fingerprint density at radius 1 is 1.29 bits per heavy atom. The lowest BCUT2D eigenvalue weighted by molar-refractivity contribution is -0.128. The van der Waals surface area contributed by atoms with Crippen LogP contribution in [-0.2, 0) is 9.59 Å². The van der Waals surface area contributed by atoms with E-state index in [9.17, 15) is 18.8 Å². The van der Waals surface area contributed by atoms with E-state index in [1.165, 1.54) is 12.1 Å². The summed E-state index contributed by atoms with van der Waals surface area (Å²) in [7, 11) is 0. The van der Waals surface area contributed by atoms with Gasteiger partial charge in [0.25, 0.3) is 0 Å². The molecular formula is C10H6BrFN2O3. The minimum atomic E-state index is -0.941. The van der Waals surface area contributed by atoms with Crippen LogP contribution in [0.2, 0.25) is 0 Å². The number of amides is 4. The summed E-state index contributed by atoms with van der Waals surface area (Å²) >= 11 is 3.11. The average molecular weight is 301 g/mol. The topological polar surface area (TPSA) is 66.5 Å². The number of hydrogen-bond donors (Lipinski definition) is 1. The molecule has 0 aromatic heterocycles. The fraction of sp³-hybridized carbons (Fsp3) is 0.100. The average Bonchev–Trinajstić information content (AvgIpc) is 2.21. The van der Waals surface area contributed by atoms with Crippen molar-refractivity contribution in [3.8, 4) is 0 Å². The van der Waals surface area contributed by atoms with Gasteiger partial charge in [-0.3, -0.25) is 14.9 Å². The highest BCUT2D eigenvalue weighted by molar-refractivity contribution is 9.10. The Hall–Kier alpha value is -1.76. The monoisotopic (exact) mass is 300 g/mol. The predicted molar refractivity (Wildman–Crippen MR) is 59.7 cm³/mol. The number of barbiturate groups is 1. The van der Waals surface area contributed by atoms with Crippen LogP contribution in [-0.4, -0.2) is 17.8 Å². The number of halogens is 2. The zero-order valence-corrected chi connectivity index (χ0v) is 9.95. The Kier molecular flexibility index (Phi) is 2.93. The smallest absolute Gasteiger partial charge is 0.277 e. The van der Waals surface area contributed by atoms with Gasteiger partial charge in [-0.25, -0.2) is 14.1 Å². The van der Waals surface area contributed by atoms with Gasteiger partial charge in [-0.2, -0.15) is 0 Å². The molecule has 1 fully saturated rings. The highest BCUT2D eigenvalue weighted by Gasteiger charge is 2.33. The molecule has 0 unspecified atom stereocenters. The predicted octanol–water partition coefficient (Wildman–Crippen LogP) is 1.56. The van der Waals surface area contributed by atoms with Crippen LogP contribution in [0.5, 0.6) is 0 Å². The minimum Gasteiger partial charge on any atom is -0.277 e. The maximum absolute atomic E-state index is 13.5. The molecular weight excluding hydrogens is 295 g/mol. The third-order valence-electron chi connectivity index (χ3n) is 2.16. The Bertz CT molecular complexity index is 512. The molecule has 1 saturated heterocycles. The fourth-order valence-electron chi connectivity index (χ4n) is 1.45. The number of nitrogens with zero attached hydrogens (tertiary/aromatic N) is 1. The summed E-state index contributed by atoms with van der Waals surface area (Å²) in [6.45, 7) is 0. The number of carbonyl (C=O) groups is 3. The lowest BCUT2D eigenvalue weighted by Crippen LogP contribution is -2.53. The van der Waals surface area contributed by atoms with Crippen LogP contribution in [0.4, 0.5) is 14.9 Å². The summed E-state index contributed by atoms with van der Waals surface area (Å²) in [5.41, 5.74) is -0.186. The van der Waals surface area contributed by atoms with Gasteiger partial charge in [-0.05, 0) is 18.2 Å². The van der Waals surface area contributed by atoms with Crippen molar-refractivity contribution in [2.24, 2.45) is 0 Å². The number of imide groups is 2. The number of hydrogen-bond acceptors (Lipinski definition) is 3. The molecule has 1 N–H and O–H groups in total. The van der Waals surface area contributed by atoms with Crippen LogP contribution in [0.3, 0.4) is 0 Å². The third kappa shape index (κ3) is 2.19. The summed E-state index contributed by atoms with van der Waals surface area (Å²) in [5.74, 6) is -2.16. The minimum absolute atomic E-state index is 0.186. The Morgan fingerprint density at radius 2 is 2.00 bits per heavy atom. The first kappa shape index (κ1) is 11.7. The molecule has 4 amide bonds. The molecule has 17 heavy (non-hydrogen) atoms. The van der Waals surface area contributed by atoms with E-state index >= 15 is 0 Å². The molecule has 1 heterocycles. The molecule has 0 atom stereocenters. The van der Waals surface area contributed by atoms with Crippen LogP contribution in [0.1, 0.15) is 6.42 Å². The zero-order chi connectivity index (χ0) is 12.6. The van der Waals surface area contributed by atoms with Gasteiger partial charge in [0.1, 0.15) is 12.2 Å². The second kappa shape index (κ2) is 4.25. The van der Waals surface area contributed by atoms with Crippen LogP contribution in [0.15, 0.2) is 22.7 Å². The van der Waals surface area contributed by atoms with E-state index in [-0.39, 0.29) is 5.69 Å². The summed E-state index contributed by atoms with van der Waals surface area (Å²) in [6.07, 6.45) is -0.475. The number of carbonyl (C=O) groups excluding carboxylic acids is 3. The molecule has 88 valence electrons. The Morgan fingerprint density at radius 3 is 2.65 bits per heavy atom. The van der Waals surface area contributed by atoms with Gasteiger partial charge in [0.2, 0.25) is 11.8 Å². The van der Waals surface area contributed by atoms with Gasteiger partial charge < -0.3 is 0 Å². The van der Waals surface area contributed by atoms with Gasteiger partial charge in [-0.15, -0.1) is 0 Å². The van der Waals surface area contributed by atoms with E-state index in [1.807, 2.05) is 5.32 Å². The van der Waals surface area contributed by atoms with E-state index in [4.69, 9.17) is 0 Å². The van der Waals surface area contributed by atoms with Crippen molar-refractivity contribution in [3.05, 3.63) is 28.5 Å². The van der Waals surface area contributed by atoms with Crippen LogP contribution < -0.4 is 10.2 Å². The first-order valence-corrected chi connectivity index (χ1v) is 5.40. The van der Waals surface area contributed by atoms with E-state index in [2.05, 4.69) is 15.9 Å². The van der Waals surface area contributed by atoms with Gasteiger partial charge in [-0.1, -0.05) is 15.9 Å². The molecule has 1 aromatic rings. The van der Waals surface area contributed by atoms with Crippen molar-refractivity contribution in [2.75, 3.05) is 4.90 Å². The van der Waals surface area contributed by atoms with Crippen LogP contribution >= 0.6 is 15.9 Å². The number of urea groups is 1. The van der Waals surface area contributed by atoms with Gasteiger partial charge in [0.15, 0.2) is 0 Å². The van der Waals surface area contributed by atoms with Crippen molar-refractivity contribution < 1.29 is 18.8 Å². The molecule has 1 aliphatic heterocycles. The van der Waals surface area contributed by atoms with E-state index in [0.29, 0.717) is 9.37 Å². The number of anilines is 1. The Balaban J connectivity index is 2.45. The lowest BCUT2D eigenvalue weighted by atomic mass is 10.2. The van der Waals surface area contributed by atoms with Gasteiger partial charge >= 0.3 is 6.03 Å². The highest BCUT2D eigenvalue weighted by atomic mass is 79.9. The normalized spacial score (nSPS) is 16.1. The molecule has 0 saturated carbocycles.